The van der Waals surface area contributed by atoms with Gasteiger partial charge in [0.25, 0.3) is 5.91 Å². The lowest BCUT2D eigenvalue weighted by atomic mass is 9.98. The fourth-order valence-electron chi connectivity index (χ4n) is 3.47. The van der Waals surface area contributed by atoms with Crippen molar-refractivity contribution in [3.05, 3.63) is 39.6 Å². The Balaban J connectivity index is 1.80. The van der Waals surface area contributed by atoms with Crippen LogP contribution in [0.4, 0.5) is 0 Å². The van der Waals surface area contributed by atoms with Gasteiger partial charge in [0.05, 0.1) is 10.6 Å². The van der Waals surface area contributed by atoms with Crippen LogP contribution < -0.4 is 0 Å². The van der Waals surface area contributed by atoms with Gasteiger partial charge in [0.2, 0.25) is 0 Å². The molecule has 0 spiro atoms. The number of hydrogen-bond acceptors (Lipinski definition) is 3. The molecule has 0 bridgehead atoms. The Morgan fingerprint density at radius 3 is 2.91 bits per heavy atom. The first-order valence-electron chi connectivity index (χ1n) is 7.97. The molecule has 22 heavy (non-hydrogen) atoms. The van der Waals surface area contributed by atoms with Gasteiger partial charge in [0.15, 0.2) is 0 Å². The van der Waals surface area contributed by atoms with Gasteiger partial charge in [0, 0.05) is 48.5 Å². The maximum Gasteiger partial charge on any atom is 0.255 e. The average Bonchev–Trinajstić information content (AvgIpc) is 3.15. The third kappa shape index (κ3) is 2.70. The predicted octanol–water partition coefficient (Wildman–Crippen LogP) is 3.60. The monoisotopic (exact) mass is 317 g/mol. The standard InChI is InChI=1S/C17H23N3OS/c1-4-20-12(2)10-15(13(20)3)17(21)19-8-5-6-14(11-19)16-18-7-9-22-16/h7,9-10,14H,4-6,8,11H2,1-3H3/t14-/m1/s1. The van der Waals surface area contributed by atoms with Gasteiger partial charge in [-0.05, 0) is 39.7 Å². The van der Waals surface area contributed by atoms with Gasteiger partial charge < -0.3 is 9.47 Å². The molecule has 0 aromatic carbocycles. The van der Waals surface area contributed by atoms with Crippen LogP contribution in [-0.2, 0) is 6.54 Å². The number of rotatable bonds is 3. The number of aromatic nitrogens is 2. The Bertz CT molecular complexity index is 660. The third-order valence-corrected chi connectivity index (χ3v) is 5.57. The van der Waals surface area contributed by atoms with E-state index in [0.29, 0.717) is 5.92 Å². The SMILES string of the molecule is CCn1c(C)cc(C(=O)N2CCC[C@@H](c3nccs3)C2)c1C. The first kappa shape index (κ1) is 15.3. The van der Waals surface area contributed by atoms with Crippen LogP contribution in [0.15, 0.2) is 17.6 Å². The second kappa shape index (κ2) is 6.24. The summed E-state index contributed by atoms with van der Waals surface area (Å²) < 4.78 is 2.20. The number of likely N-dealkylation sites (tertiary alicyclic amines) is 1. The molecular formula is C17H23N3OS. The largest absolute Gasteiger partial charge is 0.349 e. The fraction of sp³-hybridized carbons (Fsp3) is 0.529. The molecular weight excluding hydrogens is 294 g/mol. The first-order valence-corrected chi connectivity index (χ1v) is 8.85. The molecule has 0 aliphatic carbocycles. The lowest BCUT2D eigenvalue weighted by molar-refractivity contribution is 0.0706. The highest BCUT2D eigenvalue weighted by Gasteiger charge is 2.28. The number of hydrogen-bond donors (Lipinski definition) is 0. The van der Waals surface area contributed by atoms with Crippen LogP contribution in [0.25, 0.3) is 0 Å². The first-order chi connectivity index (χ1) is 10.6. The lowest BCUT2D eigenvalue weighted by Gasteiger charge is -2.32. The number of piperidine rings is 1. The minimum atomic E-state index is 0.175. The summed E-state index contributed by atoms with van der Waals surface area (Å²) in [5, 5.41) is 3.18. The van der Waals surface area contributed by atoms with Crippen LogP contribution in [-0.4, -0.2) is 33.4 Å². The van der Waals surface area contributed by atoms with E-state index < -0.39 is 0 Å². The molecule has 0 radical (unpaired) electrons. The van der Waals surface area contributed by atoms with E-state index in [-0.39, 0.29) is 5.91 Å². The highest BCUT2D eigenvalue weighted by molar-refractivity contribution is 7.09. The van der Waals surface area contributed by atoms with Crippen molar-refractivity contribution in [3.63, 3.8) is 0 Å². The van der Waals surface area contributed by atoms with E-state index >= 15 is 0 Å². The van der Waals surface area contributed by atoms with Gasteiger partial charge in [-0.1, -0.05) is 0 Å². The molecule has 1 aliphatic heterocycles. The van der Waals surface area contributed by atoms with Crippen LogP contribution in [0.5, 0.6) is 0 Å². The Morgan fingerprint density at radius 1 is 1.45 bits per heavy atom. The Kier molecular flexibility index (Phi) is 4.34. The molecule has 0 N–H and O–H groups in total. The summed E-state index contributed by atoms with van der Waals surface area (Å²) in [6.45, 7) is 8.80. The maximum absolute atomic E-state index is 12.9. The van der Waals surface area contributed by atoms with Crippen molar-refractivity contribution >= 4 is 17.2 Å². The topological polar surface area (TPSA) is 38.1 Å². The van der Waals surface area contributed by atoms with E-state index in [9.17, 15) is 4.79 Å². The number of thiazole rings is 1. The smallest absolute Gasteiger partial charge is 0.255 e. The molecule has 0 saturated carbocycles. The van der Waals surface area contributed by atoms with Gasteiger partial charge >= 0.3 is 0 Å². The van der Waals surface area contributed by atoms with Crippen LogP contribution in [0, 0.1) is 13.8 Å². The highest BCUT2D eigenvalue weighted by atomic mass is 32.1. The van der Waals surface area contributed by atoms with Crippen molar-refractivity contribution in [3.8, 4) is 0 Å². The third-order valence-electron chi connectivity index (χ3n) is 4.63. The minimum absolute atomic E-state index is 0.175. The molecule has 1 amide bonds. The van der Waals surface area contributed by atoms with Crippen LogP contribution in [0.1, 0.15) is 52.4 Å². The van der Waals surface area contributed by atoms with E-state index in [1.807, 2.05) is 29.5 Å². The van der Waals surface area contributed by atoms with Crippen LogP contribution >= 0.6 is 11.3 Å². The number of aryl methyl sites for hydroxylation is 1. The molecule has 3 rings (SSSR count). The second-order valence-electron chi connectivity index (χ2n) is 5.99. The van der Waals surface area contributed by atoms with Gasteiger partial charge in [-0.3, -0.25) is 4.79 Å². The Hall–Kier alpha value is -1.62. The molecule has 1 fully saturated rings. The normalized spacial score (nSPS) is 18.7. The summed E-state index contributed by atoms with van der Waals surface area (Å²) >= 11 is 1.70. The highest BCUT2D eigenvalue weighted by Crippen LogP contribution is 2.29. The summed E-state index contributed by atoms with van der Waals surface area (Å²) in [5.41, 5.74) is 3.11. The quantitative estimate of drug-likeness (QED) is 0.867. The fourth-order valence-corrected chi connectivity index (χ4v) is 4.24. The van der Waals surface area contributed by atoms with Crippen molar-refractivity contribution in [2.75, 3.05) is 13.1 Å². The van der Waals surface area contributed by atoms with Crippen LogP contribution in [0.3, 0.4) is 0 Å². The van der Waals surface area contributed by atoms with E-state index in [1.165, 1.54) is 0 Å². The maximum atomic E-state index is 12.9. The molecule has 5 heteroatoms. The summed E-state index contributed by atoms with van der Waals surface area (Å²) in [5.74, 6) is 0.571. The Labute approximate surface area is 135 Å². The minimum Gasteiger partial charge on any atom is -0.349 e. The van der Waals surface area contributed by atoms with E-state index in [1.54, 1.807) is 11.3 Å². The van der Waals surface area contributed by atoms with Crippen molar-refractivity contribution in [2.45, 2.75) is 46.1 Å². The predicted molar refractivity (Wildman–Crippen MR) is 89.6 cm³/mol. The second-order valence-corrected chi connectivity index (χ2v) is 6.92. The molecule has 1 atom stereocenters. The van der Waals surface area contributed by atoms with E-state index in [4.69, 9.17) is 0 Å². The zero-order chi connectivity index (χ0) is 15.7. The molecule has 118 valence electrons. The molecule has 3 heterocycles. The number of carbonyl (C=O) groups excluding carboxylic acids is 1. The van der Waals surface area contributed by atoms with Crippen molar-refractivity contribution in [2.24, 2.45) is 0 Å². The molecule has 2 aromatic rings. The summed E-state index contributed by atoms with van der Waals surface area (Å²) in [6.07, 6.45) is 4.05. The summed E-state index contributed by atoms with van der Waals surface area (Å²) in [4.78, 5) is 19.4. The number of carbonyl (C=O) groups is 1. The van der Waals surface area contributed by atoms with Crippen LogP contribution in [0.2, 0.25) is 0 Å². The van der Waals surface area contributed by atoms with Crippen molar-refractivity contribution in [1.29, 1.82) is 0 Å². The zero-order valence-corrected chi connectivity index (χ0v) is 14.3. The summed E-state index contributed by atoms with van der Waals surface area (Å²) in [7, 11) is 0. The average molecular weight is 317 g/mol. The van der Waals surface area contributed by atoms with Crippen molar-refractivity contribution in [1.82, 2.24) is 14.5 Å². The molecule has 4 nitrogen and oxygen atoms in total. The number of nitrogens with zero attached hydrogens (tertiary/aromatic N) is 3. The van der Waals surface area contributed by atoms with Gasteiger partial charge in [-0.25, -0.2) is 4.98 Å². The lowest BCUT2D eigenvalue weighted by Crippen LogP contribution is -2.39. The van der Waals surface area contributed by atoms with Gasteiger partial charge in [0.1, 0.15) is 0 Å². The van der Waals surface area contributed by atoms with Gasteiger partial charge in [-0.15, -0.1) is 11.3 Å². The Morgan fingerprint density at radius 2 is 2.27 bits per heavy atom. The van der Waals surface area contributed by atoms with Crippen molar-refractivity contribution < 1.29 is 4.79 Å². The van der Waals surface area contributed by atoms with E-state index in [2.05, 4.69) is 23.4 Å². The molecule has 1 saturated heterocycles. The van der Waals surface area contributed by atoms with Gasteiger partial charge in [-0.2, -0.15) is 0 Å². The molecule has 1 aliphatic rings. The van der Waals surface area contributed by atoms with E-state index in [0.717, 1.165) is 54.4 Å². The number of amides is 1. The zero-order valence-electron chi connectivity index (χ0n) is 13.5. The molecule has 0 unspecified atom stereocenters. The summed E-state index contributed by atoms with van der Waals surface area (Å²) in [6, 6.07) is 2.04. The molecule has 2 aromatic heterocycles.